The first-order chi connectivity index (χ1) is 32.7. The maximum Gasteiger partial charge on any atom is 0.220 e. The second-order valence-electron chi connectivity index (χ2n) is 19.0. The van der Waals surface area contributed by atoms with E-state index in [-0.39, 0.29) is 12.5 Å². The van der Waals surface area contributed by atoms with Gasteiger partial charge in [-0.25, -0.2) is 0 Å². The van der Waals surface area contributed by atoms with Crippen LogP contribution in [-0.2, 0) is 4.79 Å². The number of carbonyl (C=O) groups is 1. The Balaban J connectivity index is 3.58. The van der Waals surface area contributed by atoms with Gasteiger partial charge in [-0.05, 0) is 77.0 Å². The van der Waals surface area contributed by atoms with Gasteiger partial charge in [0.15, 0.2) is 0 Å². The third-order valence-electron chi connectivity index (χ3n) is 12.6. The summed E-state index contributed by atoms with van der Waals surface area (Å²) in [5, 5.41) is 23.3. The minimum atomic E-state index is -0.674. The molecule has 3 N–H and O–H groups in total. The lowest BCUT2D eigenvalue weighted by atomic mass is 10.0. The van der Waals surface area contributed by atoms with Crippen molar-refractivity contribution in [3.05, 3.63) is 97.2 Å². The summed E-state index contributed by atoms with van der Waals surface area (Å²) in [6, 6.07) is -0.552. The Morgan fingerprint density at radius 2 is 0.667 bits per heavy atom. The molecule has 66 heavy (non-hydrogen) atoms. The molecule has 1 amide bonds. The fourth-order valence-corrected chi connectivity index (χ4v) is 8.32. The molecule has 0 aromatic carbocycles. The highest BCUT2D eigenvalue weighted by molar-refractivity contribution is 5.76. The van der Waals surface area contributed by atoms with Crippen LogP contribution in [0, 0.1) is 0 Å². The second kappa shape index (κ2) is 56.6. The molecule has 0 bridgehead atoms. The van der Waals surface area contributed by atoms with Gasteiger partial charge in [0, 0.05) is 6.42 Å². The van der Waals surface area contributed by atoms with E-state index in [1.807, 2.05) is 0 Å². The molecule has 0 aliphatic carbocycles. The van der Waals surface area contributed by atoms with Crippen LogP contribution in [-0.4, -0.2) is 34.9 Å². The number of rotatable bonds is 51. The molecule has 4 nitrogen and oxygen atoms in total. The molecule has 0 aromatic rings. The lowest BCUT2D eigenvalue weighted by Crippen LogP contribution is -2.45. The van der Waals surface area contributed by atoms with E-state index in [0.717, 1.165) is 89.9 Å². The number of nitrogens with one attached hydrogen (secondary N) is 1. The fraction of sp³-hybridized carbons (Fsp3) is 0.726. The largest absolute Gasteiger partial charge is 0.394 e. The summed E-state index contributed by atoms with van der Waals surface area (Å²) >= 11 is 0. The Morgan fingerprint density at radius 1 is 0.379 bits per heavy atom. The van der Waals surface area contributed by atoms with Gasteiger partial charge in [0.2, 0.25) is 5.91 Å². The van der Waals surface area contributed by atoms with Gasteiger partial charge in [0.1, 0.15) is 0 Å². The van der Waals surface area contributed by atoms with Crippen LogP contribution in [0.3, 0.4) is 0 Å². The third kappa shape index (κ3) is 52.3. The zero-order valence-electron chi connectivity index (χ0n) is 43.7. The van der Waals surface area contributed by atoms with Crippen LogP contribution in [0.4, 0.5) is 0 Å². The zero-order valence-corrected chi connectivity index (χ0v) is 43.7. The molecule has 0 rings (SSSR count). The molecule has 0 aliphatic heterocycles. The van der Waals surface area contributed by atoms with Crippen molar-refractivity contribution in [2.45, 2.75) is 283 Å². The normalized spacial score (nSPS) is 13.6. The molecule has 2 unspecified atom stereocenters. The molecule has 0 aromatic heterocycles. The Labute approximate surface area is 411 Å². The summed E-state index contributed by atoms with van der Waals surface area (Å²) < 4.78 is 0. The highest BCUT2D eigenvalue weighted by Crippen LogP contribution is 2.17. The van der Waals surface area contributed by atoms with Gasteiger partial charge in [0.25, 0.3) is 0 Å². The summed E-state index contributed by atoms with van der Waals surface area (Å²) in [6.45, 7) is 4.25. The molecule has 0 saturated heterocycles. The lowest BCUT2D eigenvalue weighted by Gasteiger charge is -2.22. The molecular formula is C62H109NO3. The molecule has 0 saturated carbocycles. The van der Waals surface area contributed by atoms with Crippen LogP contribution in [0.2, 0.25) is 0 Å². The average Bonchev–Trinajstić information content (AvgIpc) is 3.32. The van der Waals surface area contributed by atoms with E-state index in [1.165, 1.54) is 154 Å². The van der Waals surface area contributed by atoms with Crippen LogP contribution in [0.15, 0.2) is 97.2 Å². The summed E-state index contributed by atoms with van der Waals surface area (Å²) in [7, 11) is 0. The number of hydrogen-bond donors (Lipinski definition) is 3. The number of carbonyl (C=O) groups excluding carboxylic acids is 1. The number of aliphatic hydroxyl groups excluding tert-OH is 2. The zero-order chi connectivity index (χ0) is 47.7. The van der Waals surface area contributed by atoms with Crippen molar-refractivity contribution in [3.8, 4) is 0 Å². The molecular weight excluding hydrogens is 807 g/mol. The SMILES string of the molecule is CC/C=C\C/C=C\C/C=C\C/C=C\C/C=C\C/C=C\C/C=C\C/C=C\CCCCCCCCC(=O)NC(CO)C(O)CCCCCCCCCCCCCCCCCCCCCCCCC. The maximum atomic E-state index is 12.5. The Hall–Kier alpha value is -2.69. The van der Waals surface area contributed by atoms with E-state index < -0.39 is 12.1 Å². The van der Waals surface area contributed by atoms with Gasteiger partial charge in [-0.1, -0.05) is 284 Å². The fourth-order valence-electron chi connectivity index (χ4n) is 8.32. The van der Waals surface area contributed by atoms with Crippen molar-refractivity contribution in [1.82, 2.24) is 5.32 Å². The number of allylic oxidation sites excluding steroid dienone is 16. The Bertz CT molecular complexity index is 1220. The highest BCUT2D eigenvalue weighted by Gasteiger charge is 2.20. The molecule has 0 spiro atoms. The summed E-state index contributed by atoms with van der Waals surface area (Å²) in [6.07, 6.45) is 83.8. The first-order valence-electron chi connectivity index (χ1n) is 28.4. The molecule has 380 valence electrons. The predicted octanol–water partition coefficient (Wildman–Crippen LogP) is 18.9. The average molecular weight is 917 g/mol. The highest BCUT2D eigenvalue weighted by atomic mass is 16.3. The summed E-state index contributed by atoms with van der Waals surface area (Å²) in [5.41, 5.74) is 0. The first kappa shape index (κ1) is 63.3. The quantitative estimate of drug-likeness (QED) is 0.0421. The molecule has 0 fully saturated rings. The van der Waals surface area contributed by atoms with Crippen LogP contribution >= 0.6 is 0 Å². The Kier molecular flexibility index (Phi) is 54.3. The van der Waals surface area contributed by atoms with Gasteiger partial charge in [-0.15, -0.1) is 0 Å². The Morgan fingerprint density at radius 3 is 1.00 bits per heavy atom. The van der Waals surface area contributed by atoms with E-state index in [1.54, 1.807) is 0 Å². The van der Waals surface area contributed by atoms with Crippen LogP contribution < -0.4 is 5.32 Å². The molecule has 4 heteroatoms. The van der Waals surface area contributed by atoms with E-state index >= 15 is 0 Å². The smallest absolute Gasteiger partial charge is 0.220 e. The van der Waals surface area contributed by atoms with Gasteiger partial charge in [0.05, 0.1) is 18.8 Å². The van der Waals surface area contributed by atoms with Gasteiger partial charge >= 0.3 is 0 Å². The molecule has 0 aliphatic rings. The predicted molar refractivity (Wildman–Crippen MR) is 294 cm³/mol. The van der Waals surface area contributed by atoms with Crippen LogP contribution in [0.25, 0.3) is 0 Å². The van der Waals surface area contributed by atoms with Gasteiger partial charge < -0.3 is 15.5 Å². The first-order valence-corrected chi connectivity index (χ1v) is 28.4. The van der Waals surface area contributed by atoms with Crippen LogP contribution in [0.1, 0.15) is 271 Å². The second-order valence-corrected chi connectivity index (χ2v) is 19.0. The van der Waals surface area contributed by atoms with Crippen molar-refractivity contribution in [3.63, 3.8) is 0 Å². The summed E-state index contributed by atoms with van der Waals surface area (Å²) in [4.78, 5) is 12.5. The van der Waals surface area contributed by atoms with Crippen molar-refractivity contribution < 1.29 is 15.0 Å². The monoisotopic (exact) mass is 916 g/mol. The lowest BCUT2D eigenvalue weighted by molar-refractivity contribution is -0.123. The third-order valence-corrected chi connectivity index (χ3v) is 12.6. The van der Waals surface area contributed by atoms with E-state index in [9.17, 15) is 15.0 Å². The van der Waals surface area contributed by atoms with Crippen molar-refractivity contribution in [2.75, 3.05) is 6.61 Å². The molecule has 0 heterocycles. The van der Waals surface area contributed by atoms with E-state index in [4.69, 9.17) is 0 Å². The van der Waals surface area contributed by atoms with Crippen molar-refractivity contribution >= 4 is 5.91 Å². The number of unbranched alkanes of at least 4 members (excludes halogenated alkanes) is 28. The van der Waals surface area contributed by atoms with E-state index in [0.29, 0.717) is 12.8 Å². The minimum absolute atomic E-state index is 0.0472. The molecule has 2 atom stereocenters. The van der Waals surface area contributed by atoms with Crippen molar-refractivity contribution in [1.29, 1.82) is 0 Å². The standard InChI is InChI=1S/C62H109NO3/c1-3-5-7-9-11-13-15-17-19-21-23-25-27-28-29-30-31-32-33-34-36-38-40-42-44-46-48-50-52-54-56-58-62(66)63-60(59-64)61(65)57-55-53-51-49-47-45-43-41-39-37-35-26-24-22-20-18-16-14-12-10-8-6-4-2/h5,7,11,13,17,19,23,25,28-29,31-32,34,36,40,42,60-61,64-65H,3-4,6,8-10,12,14-16,18,20-22,24,26-27,30,33,35,37-39,41,43-59H2,1-2H3,(H,63,66)/b7-5-,13-11-,19-17-,25-23-,29-28-,32-31-,36-34-,42-40-. The topological polar surface area (TPSA) is 69.6 Å². The number of hydrogen-bond acceptors (Lipinski definition) is 3. The van der Waals surface area contributed by atoms with E-state index in [2.05, 4.69) is 116 Å². The molecule has 0 radical (unpaired) electrons. The number of aliphatic hydroxyl groups is 2. The van der Waals surface area contributed by atoms with Gasteiger partial charge in [-0.3, -0.25) is 4.79 Å². The van der Waals surface area contributed by atoms with Crippen LogP contribution in [0.5, 0.6) is 0 Å². The maximum absolute atomic E-state index is 12.5. The van der Waals surface area contributed by atoms with Gasteiger partial charge in [-0.2, -0.15) is 0 Å². The number of amides is 1. The summed E-state index contributed by atoms with van der Waals surface area (Å²) in [5.74, 6) is -0.0472. The minimum Gasteiger partial charge on any atom is -0.394 e. The van der Waals surface area contributed by atoms with Crippen molar-refractivity contribution in [2.24, 2.45) is 0 Å².